The van der Waals surface area contributed by atoms with Gasteiger partial charge in [0.2, 0.25) is 0 Å². The molecule has 27 heavy (non-hydrogen) atoms. The van der Waals surface area contributed by atoms with Gasteiger partial charge in [0.25, 0.3) is 5.69 Å². The van der Waals surface area contributed by atoms with Crippen LogP contribution in [0.25, 0.3) is 11.6 Å². The highest BCUT2D eigenvalue weighted by Crippen LogP contribution is 2.35. The summed E-state index contributed by atoms with van der Waals surface area (Å²) in [5.74, 6) is 0.847. The molecule has 0 radical (unpaired) electrons. The molecular weight excluding hydrogens is 338 g/mol. The topological polar surface area (TPSA) is 52.4 Å². The first-order valence-electron chi connectivity index (χ1n) is 8.95. The van der Waals surface area contributed by atoms with Crippen LogP contribution in [0.3, 0.4) is 0 Å². The summed E-state index contributed by atoms with van der Waals surface area (Å²) in [6.07, 6.45) is 3.68. The predicted molar refractivity (Wildman–Crippen MR) is 107 cm³/mol. The van der Waals surface area contributed by atoms with E-state index in [1.807, 2.05) is 54.6 Å². The molecule has 0 atom stereocenters. The Morgan fingerprint density at radius 1 is 0.926 bits per heavy atom. The van der Waals surface area contributed by atoms with E-state index in [0.29, 0.717) is 12.2 Å². The van der Waals surface area contributed by atoms with Crippen molar-refractivity contribution in [1.29, 1.82) is 0 Å². The number of ether oxygens (including phenoxy) is 1. The Labute approximate surface area is 157 Å². The number of para-hydroxylation sites is 1. The third kappa shape index (κ3) is 3.75. The van der Waals surface area contributed by atoms with E-state index in [1.165, 1.54) is 5.56 Å². The van der Waals surface area contributed by atoms with E-state index in [2.05, 4.69) is 12.1 Å². The fourth-order valence-electron chi connectivity index (χ4n) is 3.42. The molecule has 0 fully saturated rings. The van der Waals surface area contributed by atoms with Crippen molar-refractivity contribution in [3.8, 4) is 5.75 Å². The number of aryl methyl sites for hydroxylation is 1. The number of fused-ring (bicyclic) bond motifs is 1. The van der Waals surface area contributed by atoms with Gasteiger partial charge in [-0.25, -0.2) is 0 Å². The fraction of sp³-hybridized carbons (Fsp3) is 0.130. The number of hydrogen-bond donors (Lipinski definition) is 0. The van der Waals surface area contributed by atoms with Crippen molar-refractivity contribution in [1.82, 2.24) is 0 Å². The molecule has 0 N–H and O–H groups in total. The lowest BCUT2D eigenvalue weighted by Crippen LogP contribution is -2.02. The van der Waals surface area contributed by atoms with Gasteiger partial charge < -0.3 is 4.74 Å². The fourth-order valence-corrected chi connectivity index (χ4v) is 3.42. The number of allylic oxidation sites excluding steroid dienone is 1. The summed E-state index contributed by atoms with van der Waals surface area (Å²) >= 11 is 0. The first kappa shape index (κ1) is 17.0. The summed E-state index contributed by atoms with van der Waals surface area (Å²) in [5, 5.41) is 11.3. The maximum atomic E-state index is 11.3. The van der Waals surface area contributed by atoms with E-state index in [-0.39, 0.29) is 10.6 Å². The van der Waals surface area contributed by atoms with Crippen LogP contribution >= 0.6 is 0 Å². The molecule has 0 aliphatic heterocycles. The van der Waals surface area contributed by atoms with Crippen LogP contribution in [-0.2, 0) is 13.0 Å². The first-order valence-corrected chi connectivity index (χ1v) is 8.95. The number of hydrogen-bond acceptors (Lipinski definition) is 3. The molecule has 1 aliphatic rings. The molecule has 4 heteroatoms. The van der Waals surface area contributed by atoms with Gasteiger partial charge in [-0.3, -0.25) is 10.1 Å². The molecule has 0 amide bonds. The average Bonchev–Trinajstić information content (AvgIpc) is 2.72. The summed E-state index contributed by atoms with van der Waals surface area (Å²) in [7, 11) is 0. The molecule has 0 saturated heterocycles. The van der Waals surface area contributed by atoms with Crippen molar-refractivity contribution in [2.24, 2.45) is 0 Å². The van der Waals surface area contributed by atoms with E-state index in [1.54, 1.807) is 12.1 Å². The molecule has 0 spiro atoms. The van der Waals surface area contributed by atoms with Gasteiger partial charge in [-0.15, -0.1) is 0 Å². The highest BCUT2D eigenvalue weighted by molar-refractivity contribution is 5.87. The third-order valence-electron chi connectivity index (χ3n) is 4.80. The molecule has 0 heterocycles. The summed E-state index contributed by atoms with van der Waals surface area (Å²) in [5.41, 5.74) is 5.32. The van der Waals surface area contributed by atoms with Crippen LogP contribution in [0.4, 0.5) is 5.69 Å². The van der Waals surface area contributed by atoms with Crippen molar-refractivity contribution < 1.29 is 9.66 Å². The highest BCUT2D eigenvalue weighted by atomic mass is 16.6. The lowest BCUT2D eigenvalue weighted by Gasteiger charge is -2.18. The third-order valence-corrected chi connectivity index (χ3v) is 4.80. The normalized spacial score (nSPS) is 12.8. The monoisotopic (exact) mass is 357 g/mol. The van der Waals surface area contributed by atoms with Crippen LogP contribution in [0.5, 0.6) is 5.75 Å². The van der Waals surface area contributed by atoms with Gasteiger partial charge in [-0.2, -0.15) is 0 Å². The second-order valence-electron chi connectivity index (χ2n) is 6.58. The van der Waals surface area contributed by atoms with Crippen LogP contribution in [-0.4, -0.2) is 4.92 Å². The number of rotatable bonds is 5. The largest absolute Gasteiger partial charge is 0.489 e. The van der Waals surface area contributed by atoms with E-state index in [0.717, 1.165) is 35.3 Å². The first-order chi connectivity index (χ1) is 13.2. The van der Waals surface area contributed by atoms with Gasteiger partial charge in [0.15, 0.2) is 0 Å². The number of nitrogens with zero attached hydrogens (tertiary/aromatic N) is 1. The molecular formula is C23H19NO3. The summed E-state index contributed by atoms with van der Waals surface area (Å²) in [4.78, 5) is 11.0. The quantitative estimate of drug-likeness (QED) is 0.437. The molecule has 3 aromatic carbocycles. The van der Waals surface area contributed by atoms with E-state index >= 15 is 0 Å². The smallest absolute Gasteiger partial charge is 0.276 e. The Balaban J connectivity index is 1.56. The van der Waals surface area contributed by atoms with E-state index < -0.39 is 0 Å². The van der Waals surface area contributed by atoms with Crippen LogP contribution < -0.4 is 4.74 Å². The Morgan fingerprint density at radius 2 is 1.70 bits per heavy atom. The van der Waals surface area contributed by atoms with E-state index in [4.69, 9.17) is 4.74 Å². The Morgan fingerprint density at radius 3 is 2.52 bits per heavy atom. The van der Waals surface area contributed by atoms with Crippen LogP contribution in [0.1, 0.15) is 28.7 Å². The van der Waals surface area contributed by atoms with Gasteiger partial charge in [0, 0.05) is 6.07 Å². The van der Waals surface area contributed by atoms with Gasteiger partial charge in [-0.1, -0.05) is 54.6 Å². The van der Waals surface area contributed by atoms with Crippen molar-refractivity contribution in [3.05, 3.63) is 105 Å². The lowest BCUT2D eigenvalue weighted by atomic mass is 9.88. The zero-order valence-corrected chi connectivity index (χ0v) is 14.8. The minimum atomic E-state index is -0.313. The second-order valence-corrected chi connectivity index (χ2v) is 6.58. The molecule has 4 rings (SSSR count). The maximum Gasteiger partial charge on any atom is 0.276 e. The Bertz CT molecular complexity index is 1010. The minimum Gasteiger partial charge on any atom is -0.489 e. The lowest BCUT2D eigenvalue weighted by molar-refractivity contribution is -0.385. The molecule has 0 aromatic heterocycles. The highest BCUT2D eigenvalue weighted by Gasteiger charge is 2.19. The molecule has 134 valence electrons. The molecule has 3 aromatic rings. The Kier molecular flexibility index (Phi) is 4.71. The summed E-state index contributed by atoms with van der Waals surface area (Å²) < 4.78 is 5.91. The van der Waals surface area contributed by atoms with Crippen LogP contribution in [0.15, 0.2) is 72.8 Å². The Hall–Kier alpha value is -3.40. The second kappa shape index (κ2) is 7.46. The number of nitro groups is 1. The molecule has 1 aliphatic carbocycles. The zero-order valence-electron chi connectivity index (χ0n) is 14.8. The molecule has 4 nitrogen and oxygen atoms in total. The predicted octanol–water partition coefficient (Wildman–Crippen LogP) is 5.66. The average molecular weight is 357 g/mol. The van der Waals surface area contributed by atoms with Crippen molar-refractivity contribution in [3.63, 3.8) is 0 Å². The van der Waals surface area contributed by atoms with Crippen molar-refractivity contribution in [2.45, 2.75) is 19.4 Å². The molecule has 0 saturated carbocycles. The van der Waals surface area contributed by atoms with Gasteiger partial charge in [0.1, 0.15) is 12.4 Å². The minimum absolute atomic E-state index is 0.162. The zero-order chi connectivity index (χ0) is 18.6. The molecule has 0 unspecified atom stereocenters. The standard InChI is InChI=1S/C23H19NO3/c25-24(26)23-9-5-4-8-22(23)20-11-10-19-15-21(13-12-18(19)14-20)27-16-17-6-2-1-3-7-17/h1-9,12-15H,10-11,16H2. The van der Waals surface area contributed by atoms with Gasteiger partial charge in [0.05, 0.1) is 10.5 Å². The summed E-state index contributed by atoms with van der Waals surface area (Å²) in [6, 6.07) is 23.1. The van der Waals surface area contributed by atoms with Crippen molar-refractivity contribution in [2.75, 3.05) is 0 Å². The number of nitro benzene ring substituents is 1. The van der Waals surface area contributed by atoms with Crippen molar-refractivity contribution >= 4 is 17.3 Å². The summed E-state index contributed by atoms with van der Waals surface area (Å²) in [6.45, 7) is 0.539. The van der Waals surface area contributed by atoms with Gasteiger partial charge in [-0.05, 0) is 53.3 Å². The van der Waals surface area contributed by atoms with Crippen LogP contribution in [0, 0.1) is 10.1 Å². The SMILES string of the molecule is O=[N+]([O-])c1ccccc1C1=Cc2ccc(OCc3ccccc3)cc2CC1. The van der Waals surface area contributed by atoms with Gasteiger partial charge >= 0.3 is 0 Å². The van der Waals surface area contributed by atoms with Crippen LogP contribution in [0.2, 0.25) is 0 Å². The maximum absolute atomic E-state index is 11.3. The molecule has 0 bridgehead atoms. The number of benzene rings is 3. The van der Waals surface area contributed by atoms with E-state index in [9.17, 15) is 10.1 Å².